The number of hydrogen-bond acceptors (Lipinski definition) is 5. The van der Waals surface area contributed by atoms with Crippen molar-refractivity contribution in [1.29, 1.82) is 0 Å². The molecule has 1 atom stereocenters. The molecule has 0 aliphatic heterocycles. The van der Waals surface area contributed by atoms with Gasteiger partial charge in [-0.1, -0.05) is 48.5 Å². The highest BCUT2D eigenvalue weighted by atomic mass is 16.5. The minimum atomic E-state index is -1.33. The summed E-state index contributed by atoms with van der Waals surface area (Å²) in [4.78, 5) is 45.3. The van der Waals surface area contributed by atoms with Crippen molar-refractivity contribution in [3.8, 4) is 11.1 Å². The number of hydrogen-bond donors (Lipinski definition) is 4. The minimum Gasteiger partial charge on any atom is -0.481 e. The van der Waals surface area contributed by atoms with Crippen molar-refractivity contribution in [3.63, 3.8) is 0 Å². The summed E-state index contributed by atoms with van der Waals surface area (Å²) in [6.45, 7) is 0.489. The monoisotopic (exact) mass is 454 g/mol. The number of ether oxygens (including phenoxy) is 1. The molecule has 174 valence electrons. The molecule has 9 heteroatoms. The number of rotatable bonds is 11. The second kappa shape index (κ2) is 11.1. The van der Waals surface area contributed by atoms with Gasteiger partial charge in [0.15, 0.2) is 0 Å². The fourth-order valence-corrected chi connectivity index (χ4v) is 3.95. The number of alkyl carbamates (subject to hydrolysis) is 1. The number of amides is 2. The summed E-state index contributed by atoms with van der Waals surface area (Å²) in [6.07, 6.45) is -0.335. The Bertz CT molecular complexity index is 991. The van der Waals surface area contributed by atoms with Crippen LogP contribution in [0.15, 0.2) is 48.5 Å². The molecule has 4 N–H and O–H groups in total. The number of carbonyl (C=O) groups excluding carboxylic acids is 2. The van der Waals surface area contributed by atoms with Gasteiger partial charge in [-0.05, 0) is 41.5 Å². The van der Waals surface area contributed by atoms with Crippen LogP contribution in [0, 0.1) is 0 Å². The highest BCUT2D eigenvalue weighted by molar-refractivity contribution is 5.95. The van der Waals surface area contributed by atoms with Gasteiger partial charge in [-0.25, -0.2) is 9.59 Å². The topological polar surface area (TPSA) is 142 Å². The van der Waals surface area contributed by atoms with Gasteiger partial charge in [0, 0.05) is 12.5 Å². The molecule has 0 saturated carbocycles. The fourth-order valence-electron chi connectivity index (χ4n) is 3.95. The molecule has 0 saturated heterocycles. The van der Waals surface area contributed by atoms with Gasteiger partial charge < -0.3 is 25.6 Å². The summed E-state index contributed by atoms with van der Waals surface area (Å²) in [5.74, 6) is -3.46. The van der Waals surface area contributed by atoms with Crippen molar-refractivity contribution in [1.82, 2.24) is 10.6 Å². The van der Waals surface area contributed by atoms with E-state index in [2.05, 4.69) is 22.8 Å². The molecular weight excluding hydrogens is 428 g/mol. The summed E-state index contributed by atoms with van der Waals surface area (Å²) < 4.78 is 5.44. The van der Waals surface area contributed by atoms with Gasteiger partial charge >= 0.3 is 18.0 Å². The predicted octanol–water partition coefficient (Wildman–Crippen LogP) is 2.74. The largest absolute Gasteiger partial charge is 0.481 e. The number of carboxylic acids is 2. The van der Waals surface area contributed by atoms with Crippen molar-refractivity contribution in [2.75, 3.05) is 13.2 Å². The molecular formula is C24H26N2O7. The maximum Gasteiger partial charge on any atom is 0.407 e. The average molecular weight is 454 g/mol. The van der Waals surface area contributed by atoms with E-state index in [1.165, 1.54) is 0 Å². The van der Waals surface area contributed by atoms with Crippen LogP contribution >= 0.6 is 0 Å². The molecule has 2 aromatic rings. The molecule has 33 heavy (non-hydrogen) atoms. The zero-order valence-electron chi connectivity index (χ0n) is 18.0. The first kappa shape index (κ1) is 23.8. The lowest BCUT2D eigenvalue weighted by molar-refractivity contribution is -0.145. The number of nitrogens with one attached hydrogen (secondary N) is 2. The first-order valence-corrected chi connectivity index (χ1v) is 10.7. The number of unbranched alkanes of at least 4 members (excludes halogenated alkanes) is 1. The zero-order valence-corrected chi connectivity index (χ0v) is 18.0. The Kier molecular flexibility index (Phi) is 8.01. The maximum atomic E-state index is 12.1. The first-order valence-electron chi connectivity index (χ1n) is 10.7. The van der Waals surface area contributed by atoms with E-state index in [1.807, 2.05) is 36.4 Å². The van der Waals surface area contributed by atoms with Crippen LogP contribution in [0.5, 0.6) is 0 Å². The van der Waals surface area contributed by atoms with Crippen LogP contribution in [0.3, 0.4) is 0 Å². The molecule has 0 aromatic heterocycles. The Morgan fingerprint density at radius 3 is 2.09 bits per heavy atom. The SMILES string of the molecule is O=C(O)CC(=O)N[C@@H](CCCCNC(=O)OCC1c2ccccc2-c2ccccc21)C(=O)O. The van der Waals surface area contributed by atoms with E-state index in [0.717, 1.165) is 22.3 Å². The lowest BCUT2D eigenvalue weighted by atomic mass is 9.98. The third-order valence-electron chi connectivity index (χ3n) is 5.48. The molecule has 2 amide bonds. The van der Waals surface area contributed by atoms with Gasteiger partial charge in [0.05, 0.1) is 0 Å². The maximum absolute atomic E-state index is 12.1. The van der Waals surface area contributed by atoms with Crippen LogP contribution in [0.2, 0.25) is 0 Å². The quantitative estimate of drug-likeness (QED) is 0.302. The van der Waals surface area contributed by atoms with Crippen LogP contribution in [0.1, 0.15) is 42.7 Å². The third kappa shape index (κ3) is 6.31. The minimum absolute atomic E-state index is 0.0334. The summed E-state index contributed by atoms with van der Waals surface area (Å²) in [7, 11) is 0. The lowest BCUT2D eigenvalue weighted by Gasteiger charge is -2.15. The Morgan fingerprint density at radius 1 is 0.909 bits per heavy atom. The summed E-state index contributed by atoms with van der Waals surface area (Å²) in [6, 6.07) is 14.9. The zero-order chi connectivity index (χ0) is 23.8. The second-order valence-corrected chi connectivity index (χ2v) is 7.78. The number of aliphatic carboxylic acids is 2. The molecule has 3 rings (SSSR count). The van der Waals surface area contributed by atoms with Crippen molar-refractivity contribution in [2.45, 2.75) is 37.6 Å². The number of carbonyl (C=O) groups is 4. The van der Waals surface area contributed by atoms with Gasteiger partial charge in [-0.3, -0.25) is 9.59 Å². The van der Waals surface area contributed by atoms with Crippen LogP contribution in [-0.4, -0.2) is 53.3 Å². The summed E-state index contributed by atoms with van der Waals surface area (Å²) in [5.41, 5.74) is 4.53. The molecule has 0 radical (unpaired) electrons. The van der Waals surface area contributed by atoms with Gasteiger partial charge in [-0.15, -0.1) is 0 Å². The molecule has 0 heterocycles. The predicted molar refractivity (Wildman–Crippen MR) is 119 cm³/mol. The molecule has 0 spiro atoms. The van der Waals surface area contributed by atoms with E-state index in [1.54, 1.807) is 0 Å². The molecule has 1 aliphatic carbocycles. The van der Waals surface area contributed by atoms with Crippen molar-refractivity contribution in [2.24, 2.45) is 0 Å². The van der Waals surface area contributed by atoms with Gasteiger partial charge in [0.1, 0.15) is 19.1 Å². The Labute approximate surface area is 190 Å². The average Bonchev–Trinajstić information content (AvgIpc) is 3.10. The molecule has 0 unspecified atom stereocenters. The Hall–Kier alpha value is -3.88. The highest BCUT2D eigenvalue weighted by Gasteiger charge is 2.29. The normalized spacial score (nSPS) is 12.8. The molecule has 0 fully saturated rings. The van der Waals surface area contributed by atoms with Crippen molar-refractivity contribution < 1.29 is 34.1 Å². The Balaban J connectivity index is 1.40. The highest BCUT2D eigenvalue weighted by Crippen LogP contribution is 2.44. The van der Waals surface area contributed by atoms with Gasteiger partial charge in [-0.2, -0.15) is 0 Å². The number of benzene rings is 2. The molecule has 9 nitrogen and oxygen atoms in total. The van der Waals surface area contributed by atoms with E-state index >= 15 is 0 Å². The van der Waals surface area contributed by atoms with E-state index < -0.39 is 36.4 Å². The smallest absolute Gasteiger partial charge is 0.407 e. The van der Waals surface area contributed by atoms with Crippen LogP contribution in [-0.2, 0) is 19.1 Å². The second-order valence-electron chi connectivity index (χ2n) is 7.78. The molecule has 2 aromatic carbocycles. The van der Waals surface area contributed by atoms with Crippen molar-refractivity contribution >= 4 is 23.9 Å². The lowest BCUT2D eigenvalue weighted by Crippen LogP contribution is -2.41. The van der Waals surface area contributed by atoms with Gasteiger partial charge in [0.2, 0.25) is 5.91 Å². The summed E-state index contributed by atoms with van der Waals surface area (Å²) >= 11 is 0. The number of fused-ring (bicyclic) bond motifs is 3. The standard InChI is InChI=1S/C24H26N2O7/c27-21(13-22(28)29)26-20(23(30)31)11-5-6-12-25-24(32)33-14-19-17-9-3-1-7-15(17)16-8-2-4-10-18(16)19/h1-4,7-10,19-20H,5-6,11-14H2,(H,25,32)(H,26,27)(H,28,29)(H,30,31)/t20-/m0/s1. The van der Waals surface area contributed by atoms with Gasteiger partial charge in [0.25, 0.3) is 0 Å². The molecule has 1 aliphatic rings. The Morgan fingerprint density at radius 2 is 1.52 bits per heavy atom. The number of carboxylic acid groups (broad SMARTS) is 2. The van der Waals surface area contributed by atoms with E-state index in [0.29, 0.717) is 12.8 Å². The summed E-state index contributed by atoms with van der Waals surface area (Å²) in [5, 5.41) is 22.6. The first-order chi connectivity index (χ1) is 15.9. The van der Waals surface area contributed by atoms with Crippen LogP contribution < -0.4 is 10.6 Å². The van der Waals surface area contributed by atoms with Crippen LogP contribution in [0.4, 0.5) is 4.79 Å². The molecule has 0 bridgehead atoms. The van der Waals surface area contributed by atoms with E-state index in [-0.39, 0.29) is 25.5 Å². The fraction of sp³-hybridized carbons (Fsp3) is 0.333. The van der Waals surface area contributed by atoms with Crippen molar-refractivity contribution in [3.05, 3.63) is 59.7 Å². The van der Waals surface area contributed by atoms with Crippen LogP contribution in [0.25, 0.3) is 11.1 Å². The van der Waals surface area contributed by atoms with E-state index in [9.17, 15) is 19.2 Å². The van der Waals surface area contributed by atoms with E-state index in [4.69, 9.17) is 14.9 Å². The third-order valence-corrected chi connectivity index (χ3v) is 5.48.